The summed E-state index contributed by atoms with van der Waals surface area (Å²) in [5.41, 5.74) is 0.0886. The van der Waals surface area contributed by atoms with E-state index in [0.717, 1.165) is 32.3 Å². The molecule has 0 N–H and O–H groups in total. The van der Waals surface area contributed by atoms with E-state index in [1.807, 2.05) is 0 Å². The Morgan fingerprint density at radius 1 is 1.42 bits per heavy atom. The number of hydrogen-bond donors (Lipinski definition) is 0. The molecule has 1 saturated heterocycles. The average molecular weight is 191 g/mol. The topological polar surface area (TPSA) is 18.5 Å². The van der Waals surface area contributed by atoms with Crippen molar-refractivity contribution in [3.8, 4) is 0 Å². The normalized spacial score (nSPS) is 47.5. The molecule has 0 bridgehead atoms. The number of alkyl halides is 1. The standard InChI is InChI=1S/C9H15ClO2/c1-11-8-5-9(6-8)4-7(10)2-3-12-9/h7-8H,2-6H2,1H3. The highest BCUT2D eigenvalue weighted by Crippen LogP contribution is 2.44. The molecule has 1 unspecified atom stereocenters. The fourth-order valence-electron chi connectivity index (χ4n) is 2.19. The first-order chi connectivity index (χ1) is 5.74. The molecular weight excluding hydrogens is 176 g/mol. The van der Waals surface area contributed by atoms with Crippen LogP contribution in [0.25, 0.3) is 0 Å². The van der Waals surface area contributed by atoms with Gasteiger partial charge in [-0.25, -0.2) is 0 Å². The molecule has 1 heterocycles. The number of halogens is 1. The molecule has 1 aliphatic heterocycles. The van der Waals surface area contributed by atoms with E-state index in [9.17, 15) is 0 Å². The first-order valence-corrected chi connectivity index (χ1v) is 4.99. The van der Waals surface area contributed by atoms with Gasteiger partial charge in [-0.2, -0.15) is 0 Å². The Morgan fingerprint density at radius 2 is 2.17 bits per heavy atom. The van der Waals surface area contributed by atoms with Crippen LogP contribution in [0.2, 0.25) is 0 Å². The van der Waals surface area contributed by atoms with Gasteiger partial charge in [-0.15, -0.1) is 11.6 Å². The van der Waals surface area contributed by atoms with E-state index in [2.05, 4.69) is 0 Å². The van der Waals surface area contributed by atoms with Crippen molar-refractivity contribution in [1.29, 1.82) is 0 Å². The van der Waals surface area contributed by atoms with Crippen molar-refractivity contribution >= 4 is 11.6 Å². The Balaban J connectivity index is 1.88. The molecular formula is C9H15ClO2. The fourth-order valence-corrected chi connectivity index (χ4v) is 2.56. The van der Waals surface area contributed by atoms with Gasteiger partial charge in [-0.3, -0.25) is 0 Å². The van der Waals surface area contributed by atoms with Crippen LogP contribution in [0.1, 0.15) is 25.7 Å². The highest BCUT2D eigenvalue weighted by Gasteiger charge is 2.48. The summed E-state index contributed by atoms with van der Waals surface area (Å²) in [4.78, 5) is 0. The van der Waals surface area contributed by atoms with Crippen LogP contribution in [-0.2, 0) is 9.47 Å². The van der Waals surface area contributed by atoms with Crippen LogP contribution >= 0.6 is 11.6 Å². The molecule has 1 spiro atoms. The summed E-state index contributed by atoms with van der Waals surface area (Å²) >= 11 is 6.08. The third kappa shape index (κ3) is 1.48. The SMILES string of the molecule is COC1CC2(CC(Cl)CCO2)C1. The van der Waals surface area contributed by atoms with Crippen LogP contribution in [0.5, 0.6) is 0 Å². The van der Waals surface area contributed by atoms with Gasteiger partial charge >= 0.3 is 0 Å². The van der Waals surface area contributed by atoms with Gasteiger partial charge in [0.2, 0.25) is 0 Å². The molecule has 1 atom stereocenters. The lowest BCUT2D eigenvalue weighted by atomic mass is 9.73. The van der Waals surface area contributed by atoms with Crippen molar-refractivity contribution in [3.05, 3.63) is 0 Å². The lowest BCUT2D eigenvalue weighted by molar-refractivity contribution is -0.182. The van der Waals surface area contributed by atoms with Gasteiger partial charge in [0.15, 0.2) is 0 Å². The van der Waals surface area contributed by atoms with Crippen LogP contribution in [0.4, 0.5) is 0 Å². The number of methoxy groups -OCH3 is 1. The Bertz CT molecular complexity index is 166. The van der Waals surface area contributed by atoms with Crippen molar-refractivity contribution in [1.82, 2.24) is 0 Å². The minimum atomic E-state index is 0.0886. The Morgan fingerprint density at radius 3 is 2.75 bits per heavy atom. The first kappa shape index (κ1) is 8.79. The van der Waals surface area contributed by atoms with Gasteiger partial charge < -0.3 is 9.47 Å². The summed E-state index contributed by atoms with van der Waals surface area (Å²) in [6.07, 6.45) is 4.49. The van der Waals surface area contributed by atoms with E-state index in [-0.39, 0.29) is 5.60 Å². The maximum atomic E-state index is 6.08. The Labute approximate surface area is 78.2 Å². The molecule has 2 aliphatic rings. The van der Waals surface area contributed by atoms with Gasteiger partial charge in [-0.1, -0.05) is 0 Å². The fraction of sp³-hybridized carbons (Fsp3) is 1.00. The third-order valence-electron chi connectivity index (χ3n) is 2.97. The second-order valence-electron chi connectivity index (χ2n) is 3.89. The maximum absolute atomic E-state index is 6.08. The largest absolute Gasteiger partial charge is 0.381 e. The van der Waals surface area contributed by atoms with Gasteiger partial charge in [0.1, 0.15) is 0 Å². The molecule has 12 heavy (non-hydrogen) atoms. The zero-order valence-electron chi connectivity index (χ0n) is 7.38. The van der Waals surface area contributed by atoms with Crippen LogP contribution in [0, 0.1) is 0 Å². The van der Waals surface area contributed by atoms with E-state index < -0.39 is 0 Å². The second kappa shape index (κ2) is 3.17. The summed E-state index contributed by atoms with van der Waals surface area (Å²) in [7, 11) is 1.76. The molecule has 0 aromatic carbocycles. The highest BCUT2D eigenvalue weighted by molar-refractivity contribution is 6.20. The monoisotopic (exact) mass is 190 g/mol. The predicted octanol–water partition coefficient (Wildman–Crippen LogP) is 1.95. The van der Waals surface area contributed by atoms with Crippen LogP contribution in [0.15, 0.2) is 0 Å². The molecule has 2 nitrogen and oxygen atoms in total. The summed E-state index contributed by atoms with van der Waals surface area (Å²) in [6, 6.07) is 0. The van der Waals surface area contributed by atoms with Crippen molar-refractivity contribution < 1.29 is 9.47 Å². The molecule has 2 fully saturated rings. The predicted molar refractivity (Wildman–Crippen MR) is 47.6 cm³/mol. The van der Waals surface area contributed by atoms with Gasteiger partial charge in [0.05, 0.1) is 11.7 Å². The van der Waals surface area contributed by atoms with Crippen LogP contribution in [-0.4, -0.2) is 30.8 Å². The summed E-state index contributed by atoms with van der Waals surface area (Å²) in [6.45, 7) is 0.824. The Kier molecular flexibility index (Phi) is 2.32. The minimum absolute atomic E-state index is 0.0886. The minimum Gasteiger partial charge on any atom is -0.381 e. The van der Waals surface area contributed by atoms with E-state index in [1.54, 1.807) is 7.11 Å². The van der Waals surface area contributed by atoms with E-state index in [4.69, 9.17) is 21.1 Å². The Hall–Kier alpha value is 0.210. The first-order valence-electron chi connectivity index (χ1n) is 4.55. The van der Waals surface area contributed by atoms with E-state index >= 15 is 0 Å². The number of rotatable bonds is 1. The van der Waals surface area contributed by atoms with Crippen LogP contribution < -0.4 is 0 Å². The zero-order valence-corrected chi connectivity index (χ0v) is 8.14. The van der Waals surface area contributed by atoms with Crippen LogP contribution in [0.3, 0.4) is 0 Å². The molecule has 0 amide bonds. The summed E-state index contributed by atoms with van der Waals surface area (Å²) in [5.74, 6) is 0. The molecule has 2 rings (SSSR count). The maximum Gasteiger partial charge on any atom is 0.0746 e. The molecule has 0 aromatic rings. The summed E-state index contributed by atoms with van der Waals surface area (Å²) in [5, 5.41) is 0.316. The van der Waals surface area contributed by atoms with E-state index in [1.165, 1.54) is 0 Å². The van der Waals surface area contributed by atoms with Crippen molar-refractivity contribution in [2.75, 3.05) is 13.7 Å². The molecule has 1 saturated carbocycles. The van der Waals surface area contributed by atoms with Crippen molar-refractivity contribution in [2.24, 2.45) is 0 Å². The zero-order chi connectivity index (χ0) is 8.60. The molecule has 0 aromatic heterocycles. The third-order valence-corrected chi connectivity index (χ3v) is 3.34. The molecule has 3 heteroatoms. The van der Waals surface area contributed by atoms with Gasteiger partial charge in [0.25, 0.3) is 0 Å². The quantitative estimate of drug-likeness (QED) is 0.589. The molecule has 1 aliphatic carbocycles. The highest BCUT2D eigenvalue weighted by atomic mass is 35.5. The lowest BCUT2D eigenvalue weighted by Gasteiger charge is -2.49. The lowest BCUT2D eigenvalue weighted by Crippen LogP contribution is -2.53. The van der Waals surface area contributed by atoms with E-state index in [0.29, 0.717) is 11.5 Å². The molecule has 0 radical (unpaired) electrons. The number of ether oxygens (including phenoxy) is 2. The molecule has 70 valence electrons. The summed E-state index contributed by atoms with van der Waals surface area (Å²) < 4.78 is 11.0. The second-order valence-corrected chi connectivity index (χ2v) is 4.50. The smallest absolute Gasteiger partial charge is 0.0746 e. The number of hydrogen-bond acceptors (Lipinski definition) is 2. The van der Waals surface area contributed by atoms with Gasteiger partial charge in [0, 0.05) is 31.9 Å². The average Bonchev–Trinajstić information content (AvgIpc) is 1.99. The van der Waals surface area contributed by atoms with Crippen molar-refractivity contribution in [3.63, 3.8) is 0 Å². The van der Waals surface area contributed by atoms with Gasteiger partial charge in [-0.05, 0) is 12.8 Å². The van der Waals surface area contributed by atoms with Crippen molar-refractivity contribution in [2.45, 2.75) is 42.8 Å².